The molecule has 0 bridgehead atoms. The van der Waals surface area contributed by atoms with E-state index in [1.807, 2.05) is 19.1 Å². The molecule has 3 nitrogen and oxygen atoms in total. The van der Waals surface area contributed by atoms with Crippen LogP contribution in [0.25, 0.3) is 22.3 Å². The third-order valence-electron chi connectivity index (χ3n) is 3.04. The average molecular weight is 477 g/mol. The molecule has 0 unspecified atom stereocenters. The molecule has 1 aromatic carbocycles. The maximum absolute atomic E-state index is 13.6. The third-order valence-corrected chi connectivity index (χ3v) is 3.86. The molecule has 0 atom stereocenters. The Morgan fingerprint density at radius 2 is 2.04 bits per heavy atom. The molecule has 7 heteroatoms. The predicted octanol–water partition coefficient (Wildman–Crippen LogP) is 6.41. The smallest absolute Gasteiger partial charge is 0.143 e. The van der Waals surface area contributed by atoms with Crippen molar-refractivity contribution in [2.24, 2.45) is 0 Å². The Bertz CT molecular complexity index is 865. The number of nitrogens with zero attached hydrogens (tertiary/aromatic N) is 1. The average Bonchev–Trinajstić information content (AvgIpc) is 2.95. The van der Waals surface area contributed by atoms with Gasteiger partial charge in [-0.1, -0.05) is 61.7 Å². The number of rotatable bonds is 2. The van der Waals surface area contributed by atoms with Crippen LogP contribution in [0.4, 0.5) is 4.39 Å². The van der Waals surface area contributed by atoms with Crippen molar-refractivity contribution in [2.45, 2.75) is 10.7 Å². The Morgan fingerprint density at radius 1 is 1.29 bits per heavy atom. The summed E-state index contributed by atoms with van der Waals surface area (Å²) >= 11 is 12.3. The monoisotopic (exact) mass is 474 g/mol. The Hall–Kier alpha value is -1.37. The zero-order valence-electron chi connectivity index (χ0n) is 12.6. The van der Waals surface area contributed by atoms with Crippen molar-refractivity contribution in [3.8, 4) is 17.1 Å². The highest BCUT2D eigenvalue weighted by Crippen LogP contribution is 2.31. The van der Waals surface area contributed by atoms with Crippen LogP contribution < -0.4 is 0 Å². The van der Waals surface area contributed by atoms with E-state index in [1.54, 1.807) is 18.2 Å². The number of hydrogen-bond acceptors (Lipinski definition) is 2. The van der Waals surface area contributed by atoms with Gasteiger partial charge < -0.3 is 10.1 Å². The second kappa shape index (κ2) is 8.65. The van der Waals surface area contributed by atoms with Crippen molar-refractivity contribution < 1.29 is 9.50 Å². The standard InChI is InChI=1S/C13H8ClFN2O.C4H6Br2/c14-12-5-4-11(18)13(17-12)10-6-7-8(15)2-1-3-9(7)16-10;1-2-3-4(5)6/h1-6,16,18H;2-4H,1H3/b;3-2+. The van der Waals surface area contributed by atoms with Crippen molar-refractivity contribution in [3.05, 3.63) is 59.5 Å². The minimum atomic E-state index is -0.323. The number of pyridine rings is 1. The van der Waals surface area contributed by atoms with Gasteiger partial charge in [0.2, 0.25) is 0 Å². The second-order valence-electron chi connectivity index (χ2n) is 4.75. The topological polar surface area (TPSA) is 48.9 Å². The van der Waals surface area contributed by atoms with Crippen molar-refractivity contribution in [3.63, 3.8) is 0 Å². The third kappa shape index (κ3) is 4.82. The number of nitrogens with one attached hydrogen (secondary N) is 1. The number of fused-ring (bicyclic) bond motifs is 1. The molecule has 0 fully saturated rings. The number of aromatic amines is 1. The Morgan fingerprint density at radius 3 is 2.62 bits per heavy atom. The fourth-order valence-corrected chi connectivity index (χ4v) is 2.78. The van der Waals surface area contributed by atoms with Crippen molar-refractivity contribution in [2.75, 3.05) is 0 Å². The molecule has 2 aromatic heterocycles. The van der Waals surface area contributed by atoms with E-state index in [4.69, 9.17) is 11.6 Å². The lowest BCUT2D eigenvalue weighted by atomic mass is 10.2. The van der Waals surface area contributed by atoms with Gasteiger partial charge in [0.1, 0.15) is 22.4 Å². The van der Waals surface area contributed by atoms with Gasteiger partial charge in [0.15, 0.2) is 0 Å². The largest absolute Gasteiger partial charge is 0.506 e. The normalized spacial score (nSPS) is 11.1. The molecule has 2 heterocycles. The van der Waals surface area contributed by atoms with E-state index in [-0.39, 0.29) is 16.7 Å². The molecular weight excluding hydrogens is 462 g/mol. The highest BCUT2D eigenvalue weighted by molar-refractivity contribution is 9.24. The van der Waals surface area contributed by atoms with Crippen molar-refractivity contribution in [1.82, 2.24) is 9.97 Å². The molecule has 0 saturated heterocycles. The number of aromatic hydroxyl groups is 1. The van der Waals surface area contributed by atoms with E-state index in [0.717, 1.165) is 0 Å². The first-order chi connectivity index (χ1) is 11.4. The maximum atomic E-state index is 13.6. The van der Waals surface area contributed by atoms with Crippen LogP contribution in [0.5, 0.6) is 5.75 Å². The number of alkyl halides is 2. The quantitative estimate of drug-likeness (QED) is 0.255. The Kier molecular flexibility index (Phi) is 6.83. The van der Waals surface area contributed by atoms with E-state index in [1.165, 1.54) is 18.2 Å². The minimum Gasteiger partial charge on any atom is -0.506 e. The van der Waals surface area contributed by atoms with Crippen LogP contribution in [0.2, 0.25) is 5.15 Å². The van der Waals surface area contributed by atoms with Crippen LogP contribution in [-0.4, -0.2) is 18.8 Å². The number of hydrogen-bond donors (Lipinski definition) is 2. The molecule has 0 amide bonds. The fourth-order valence-electron chi connectivity index (χ4n) is 2.02. The summed E-state index contributed by atoms with van der Waals surface area (Å²) in [5.41, 5.74) is 1.47. The van der Waals surface area contributed by atoms with Gasteiger partial charge >= 0.3 is 0 Å². The van der Waals surface area contributed by atoms with Crippen molar-refractivity contribution in [1.29, 1.82) is 0 Å². The van der Waals surface area contributed by atoms with Gasteiger partial charge in [-0.25, -0.2) is 9.37 Å². The van der Waals surface area contributed by atoms with E-state index >= 15 is 0 Å². The van der Waals surface area contributed by atoms with Crippen LogP contribution in [-0.2, 0) is 0 Å². The first-order valence-electron chi connectivity index (χ1n) is 6.96. The summed E-state index contributed by atoms with van der Waals surface area (Å²) in [7, 11) is 0. The molecule has 24 heavy (non-hydrogen) atoms. The number of allylic oxidation sites excluding steroid dienone is 2. The highest BCUT2D eigenvalue weighted by atomic mass is 79.9. The molecule has 0 aliphatic carbocycles. The van der Waals surface area contributed by atoms with Gasteiger partial charge in [0.25, 0.3) is 0 Å². The Balaban J connectivity index is 0.000000301. The molecule has 126 valence electrons. The van der Waals surface area contributed by atoms with E-state index in [0.29, 0.717) is 26.0 Å². The second-order valence-corrected chi connectivity index (χ2v) is 8.34. The van der Waals surface area contributed by atoms with Gasteiger partial charge in [-0.05, 0) is 37.3 Å². The lowest BCUT2D eigenvalue weighted by Gasteiger charge is -2.00. The summed E-state index contributed by atoms with van der Waals surface area (Å²) in [4.78, 5) is 7.03. The molecule has 2 N–H and O–H groups in total. The summed E-state index contributed by atoms with van der Waals surface area (Å²) in [5, 5.41) is 10.5. The molecule has 0 radical (unpaired) electrons. The van der Waals surface area contributed by atoms with Crippen LogP contribution in [0.15, 0.2) is 48.6 Å². The zero-order valence-corrected chi connectivity index (χ0v) is 16.5. The first-order valence-corrected chi connectivity index (χ1v) is 9.17. The van der Waals surface area contributed by atoms with Crippen LogP contribution >= 0.6 is 43.5 Å². The molecule has 0 aliphatic heterocycles. The molecule has 3 aromatic rings. The fraction of sp³-hybridized carbons (Fsp3) is 0.118. The van der Waals surface area contributed by atoms with Gasteiger partial charge in [-0.3, -0.25) is 0 Å². The maximum Gasteiger partial charge on any atom is 0.143 e. The summed E-state index contributed by atoms with van der Waals surface area (Å²) in [5.74, 6) is -0.331. The lowest BCUT2D eigenvalue weighted by Crippen LogP contribution is -1.84. The van der Waals surface area contributed by atoms with Gasteiger partial charge in [0, 0.05) is 10.9 Å². The van der Waals surface area contributed by atoms with E-state index in [9.17, 15) is 9.50 Å². The Labute approximate surface area is 160 Å². The van der Waals surface area contributed by atoms with Gasteiger partial charge in [-0.2, -0.15) is 0 Å². The molecule has 0 aliphatic rings. The van der Waals surface area contributed by atoms with Gasteiger partial charge in [-0.15, -0.1) is 0 Å². The number of benzene rings is 1. The summed E-state index contributed by atoms with van der Waals surface area (Å²) in [6, 6.07) is 9.29. The molecule has 3 rings (SSSR count). The highest BCUT2D eigenvalue weighted by Gasteiger charge is 2.11. The number of H-pyrrole nitrogens is 1. The van der Waals surface area contributed by atoms with E-state index in [2.05, 4.69) is 41.8 Å². The van der Waals surface area contributed by atoms with E-state index < -0.39 is 0 Å². The van der Waals surface area contributed by atoms with Crippen LogP contribution in [0.1, 0.15) is 6.92 Å². The summed E-state index contributed by atoms with van der Waals surface area (Å²) < 4.78 is 13.9. The SMILES string of the molecule is C/C=C/C(Br)Br.Oc1ccc(Cl)nc1-c1cc2c(F)cccc2[nH]1. The summed E-state index contributed by atoms with van der Waals surface area (Å²) in [6.45, 7) is 1.98. The summed E-state index contributed by atoms with van der Waals surface area (Å²) in [6.07, 6.45) is 3.98. The van der Waals surface area contributed by atoms with Crippen LogP contribution in [0.3, 0.4) is 0 Å². The molecule has 0 spiro atoms. The molecular formula is C17H14Br2ClFN2O. The lowest BCUT2D eigenvalue weighted by molar-refractivity contribution is 0.475. The van der Waals surface area contributed by atoms with Crippen LogP contribution in [0, 0.1) is 5.82 Å². The predicted molar refractivity (Wildman–Crippen MR) is 105 cm³/mol. The number of halogens is 4. The minimum absolute atomic E-state index is 0.00800. The first kappa shape index (κ1) is 19.0. The van der Waals surface area contributed by atoms with Gasteiger partial charge in [0.05, 0.1) is 9.43 Å². The molecule has 0 saturated carbocycles. The number of aromatic nitrogens is 2. The zero-order chi connectivity index (χ0) is 17.7. The van der Waals surface area contributed by atoms with Crippen molar-refractivity contribution >= 4 is 54.4 Å².